The number of hydrogen-bond acceptors (Lipinski definition) is 4. The van der Waals surface area contributed by atoms with Crippen molar-refractivity contribution in [1.82, 2.24) is 0 Å². The lowest BCUT2D eigenvalue weighted by atomic mass is 9.62. The Morgan fingerprint density at radius 1 is 0.895 bits per heavy atom. The summed E-state index contributed by atoms with van der Waals surface area (Å²) in [6.07, 6.45) is 9.15. The van der Waals surface area contributed by atoms with Gasteiger partial charge in [0.15, 0.2) is 11.4 Å². The number of carbonyl (C=O) groups is 1. The molecule has 3 heterocycles. The molecule has 3 saturated heterocycles. The molecule has 4 aliphatic rings. The number of hydrogen-bond donors (Lipinski definition) is 0. The zero-order chi connectivity index (χ0) is 13.0. The molecular formula is C15H20O4. The highest BCUT2D eigenvalue weighted by Crippen LogP contribution is 2.57. The molecule has 19 heavy (non-hydrogen) atoms. The molecule has 0 unspecified atom stereocenters. The predicted octanol–water partition coefficient (Wildman–Crippen LogP) is 1.77. The number of fused-ring (bicyclic) bond motifs is 2. The summed E-state index contributed by atoms with van der Waals surface area (Å²) < 4.78 is 18.3. The molecule has 3 aliphatic heterocycles. The van der Waals surface area contributed by atoms with E-state index < -0.39 is 16.8 Å². The third kappa shape index (κ3) is 1.28. The number of ketones is 1. The van der Waals surface area contributed by atoms with Crippen LogP contribution in [0.2, 0.25) is 0 Å². The maximum absolute atomic E-state index is 12.6. The summed E-state index contributed by atoms with van der Waals surface area (Å²) in [6, 6.07) is 0. The van der Waals surface area contributed by atoms with E-state index >= 15 is 0 Å². The third-order valence-electron chi connectivity index (χ3n) is 5.33. The molecule has 0 aromatic carbocycles. The van der Waals surface area contributed by atoms with Crippen molar-refractivity contribution in [2.75, 3.05) is 19.8 Å². The van der Waals surface area contributed by atoms with Gasteiger partial charge in [-0.15, -0.1) is 0 Å². The molecule has 3 atom stereocenters. The summed E-state index contributed by atoms with van der Waals surface area (Å²) in [7, 11) is 0. The third-order valence-corrected chi connectivity index (χ3v) is 5.33. The van der Waals surface area contributed by atoms with Gasteiger partial charge in [-0.05, 0) is 50.7 Å². The predicted molar refractivity (Wildman–Crippen MR) is 67.9 cm³/mol. The average molecular weight is 264 g/mol. The minimum Gasteiger partial charge on any atom is -0.368 e. The Balaban J connectivity index is 1.90. The van der Waals surface area contributed by atoms with Crippen LogP contribution < -0.4 is 0 Å². The molecule has 4 nitrogen and oxygen atoms in total. The van der Waals surface area contributed by atoms with Crippen molar-refractivity contribution in [2.24, 2.45) is 0 Å². The lowest BCUT2D eigenvalue weighted by Crippen LogP contribution is -2.71. The molecule has 4 rings (SSSR count). The lowest BCUT2D eigenvalue weighted by molar-refractivity contribution is -0.236. The van der Waals surface area contributed by atoms with Crippen molar-refractivity contribution in [3.8, 4) is 0 Å². The molecule has 0 aromatic rings. The van der Waals surface area contributed by atoms with Crippen LogP contribution in [0.25, 0.3) is 0 Å². The summed E-state index contributed by atoms with van der Waals surface area (Å²) in [6.45, 7) is 2.11. The monoisotopic (exact) mass is 264 g/mol. The van der Waals surface area contributed by atoms with E-state index in [1.54, 1.807) is 6.08 Å². The minimum absolute atomic E-state index is 0.0769. The molecule has 0 aromatic heterocycles. The van der Waals surface area contributed by atoms with E-state index in [9.17, 15) is 4.79 Å². The zero-order valence-electron chi connectivity index (χ0n) is 11.2. The molecule has 0 N–H and O–H groups in total. The fourth-order valence-electron chi connectivity index (χ4n) is 4.58. The maximum Gasteiger partial charge on any atom is 0.190 e. The van der Waals surface area contributed by atoms with Gasteiger partial charge in [-0.1, -0.05) is 0 Å². The van der Waals surface area contributed by atoms with Gasteiger partial charge in [-0.3, -0.25) is 4.79 Å². The van der Waals surface area contributed by atoms with Gasteiger partial charge in [0.25, 0.3) is 0 Å². The largest absolute Gasteiger partial charge is 0.368 e. The van der Waals surface area contributed by atoms with Crippen LogP contribution in [0.15, 0.2) is 12.2 Å². The van der Waals surface area contributed by atoms with Gasteiger partial charge in [0, 0.05) is 19.8 Å². The zero-order valence-corrected chi connectivity index (χ0v) is 11.2. The summed E-state index contributed by atoms with van der Waals surface area (Å²) in [5.74, 6) is 0.0769. The van der Waals surface area contributed by atoms with E-state index in [1.807, 2.05) is 6.08 Å². The quantitative estimate of drug-likeness (QED) is 0.669. The van der Waals surface area contributed by atoms with Crippen LogP contribution in [-0.4, -0.2) is 42.4 Å². The van der Waals surface area contributed by atoms with Crippen LogP contribution in [0.4, 0.5) is 0 Å². The Morgan fingerprint density at radius 3 is 2.26 bits per heavy atom. The SMILES string of the molecule is O=C1C=C[C@]2(CCCO2)[C@@]2(CCCO2)[C@@]12CCCO2. The van der Waals surface area contributed by atoms with E-state index in [2.05, 4.69) is 0 Å². The highest BCUT2D eigenvalue weighted by atomic mass is 16.6. The first kappa shape index (κ1) is 12.1. The Bertz CT molecular complexity index is 421. The van der Waals surface area contributed by atoms with Crippen molar-refractivity contribution in [2.45, 2.75) is 55.3 Å². The molecule has 0 bridgehead atoms. The van der Waals surface area contributed by atoms with Crippen LogP contribution in [-0.2, 0) is 19.0 Å². The maximum atomic E-state index is 12.6. The van der Waals surface area contributed by atoms with Crippen molar-refractivity contribution < 1.29 is 19.0 Å². The molecular weight excluding hydrogens is 244 g/mol. The second-order valence-corrected chi connectivity index (χ2v) is 6.10. The number of rotatable bonds is 0. The first-order chi connectivity index (χ1) is 9.25. The molecule has 1 aliphatic carbocycles. The summed E-state index contributed by atoms with van der Waals surface area (Å²) in [5, 5.41) is 0. The van der Waals surface area contributed by atoms with Gasteiger partial charge in [0.1, 0.15) is 11.2 Å². The average Bonchev–Trinajstić information content (AvgIpc) is 3.13. The van der Waals surface area contributed by atoms with E-state index in [-0.39, 0.29) is 5.78 Å². The van der Waals surface area contributed by atoms with Crippen molar-refractivity contribution in [3.63, 3.8) is 0 Å². The first-order valence-corrected chi connectivity index (χ1v) is 7.40. The molecule has 0 radical (unpaired) electrons. The van der Waals surface area contributed by atoms with E-state index in [4.69, 9.17) is 14.2 Å². The Hall–Kier alpha value is -0.710. The van der Waals surface area contributed by atoms with Gasteiger partial charge in [0.2, 0.25) is 0 Å². The van der Waals surface area contributed by atoms with Crippen LogP contribution in [0, 0.1) is 0 Å². The minimum atomic E-state index is -0.789. The lowest BCUT2D eigenvalue weighted by Gasteiger charge is -2.54. The van der Waals surface area contributed by atoms with Gasteiger partial charge in [0.05, 0.1) is 0 Å². The van der Waals surface area contributed by atoms with Crippen molar-refractivity contribution in [3.05, 3.63) is 12.2 Å². The van der Waals surface area contributed by atoms with E-state index in [0.29, 0.717) is 13.2 Å². The molecule has 0 saturated carbocycles. The Kier molecular flexibility index (Phi) is 2.48. The van der Waals surface area contributed by atoms with Crippen LogP contribution >= 0.6 is 0 Å². The summed E-state index contributed by atoms with van der Waals surface area (Å²) in [5.41, 5.74) is -1.82. The van der Waals surface area contributed by atoms with Gasteiger partial charge in [-0.25, -0.2) is 0 Å². The van der Waals surface area contributed by atoms with E-state index in [1.165, 1.54) is 0 Å². The molecule has 3 fully saturated rings. The first-order valence-electron chi connectivity index (χ1n) is 7.40. The Labute approximate surface area is 113 Å². The van der Waals surface area contributed by atoms with Gasteiger partial charge in [-0.2, -0.15) is 0 Å². The fourth-order valence-corrected chi connectivity index (χ4v) is 4.58. The van der Waals surface area contributed by atoms with Crippen LogP contribution in [0.5, 0.6) is 0 Å². The second kappa shape index (κ2) is 3.90. The second-order valence-electron chi connectivity index (χ2n) is 6.10. The normalized spacial score (nSPS) is 49.2. The van der Waals surface area contributed by atoms with Crippen molar-refractivity contribution >= 4 is 5.78 Å². The highest BCUT2D eigenvalue weighted by molar-refractivity contribution is 6.00. The standard InChI is InChI=1S/C15H20O4/c16-12-4-8-13(5-1-9-17-13)15(7-3-11-19-15)14(12)6-2-10-18-14/h4,8H,1-3,5-7,9-11H2/t13-,14-,15+/m1/s1. The highest BCUT2D eigenvalue weighted by Gasteiger charge is 2.71. The van der Waals surface area contributed by atoms with Gasteiger partial charge >= 0.3 is 0 Å². The summed E-state index contributed by atoms with van der Waals surface area (Å²) >= 11 is 0. The van der Waals surface area contributed by atoms with Gasteiger partial charge < -0.3 is 14.2 Å². The van der Waals surface area contributed by atoms with Crippen LogP contribution in [0.1, 0.15) is 38.5 Å². The van der Waals surface area contributed by atoms with Crippen LogP contribution in [0.3, 0.4) is 0 Å². The molecule has 3 spiro atoms. The number of ether oxygens (including phenoxy) is 3. The number of carbonyl (C=O) groups excluding carboxylic acids is 1. The fraction of sp³-hybridized carbons (Fsp3) is 0.800. The van der Waals surface area contributed by atoms with E-state index in [0.717, 1.165) is 45.1 Å². The summed E-state index contributed by atoms with van der Waals surface area (Å²) in [4.78, 5) is 12.6. The Morgan fingerprint density at radius 2 is 1.63 bits per heavy atom. The topological polar surface area (TPSA) is 44.8 Å². The molecule has 4 heteroatoms. The molecule has 104 valence electrons. The van der Waals surface area contributed by atoms with Crippen molar-refractivity contribution in [1.29, 1.82) is 0 Å². The molecule has 0 amide bonds. The smallest absolute Gasteiger partial charge is 0.190 e.